The highest BCUT2D eigenvalue weighted by Gasteiger charge is 2.31. The topological polar surface area (TPSA) is 86.5 Å². The zero-order valence-corrected chi connectivity index (χ0v) is 17.7. The standard InChI is InChI=1S/C24H26N4O3/c1-2-3-13-28(19-8-5-4-6-9-19)23(29)18-11-14-27(15-12-18)24-20(17-25)26-22(31-24)21-10-7-16-30-21/h4-10,16,18H,2-3,11-15H2,1H3. The predicted molar refractivity (Wildman–Crippen MR) is 118 cm³/mol. The number of benzene rings is 1. The Hall–Kier alpha value is -3.53. The normalized spacial score (nSPS) is 14.4. The summed E-state index contributed by atoms with van der Waals surface area (Å²) in [5, 5.41) is 9.49. The van der Waals surface area contributed by atoms with E-state index in [1.807, 2.05) is 40.1 Å². The van der Waals surface area contributed by atoms with Gasteiger partial charge in [-0.1, -0.05) is 31.5 Å². The molecule has 0 spiro atoms. The summed E-state index contributed by atoms with van der Waals surface area (Å²) in [7, 11) is 0. The van der Waals surface area contributed by atoms with Gasteiger partial charge in [0.05, 0.1) is 6.26 Å². The molecular weight excluding hydrogens is 392 g/mol. The monoisotopic (exact) mass is 418 g/mol. The Labute approximate surface area is 181 Å². The molecule has 0 atom stereocenters. The molecule has 0 unspecified atom stereocenters. The molecule has 7 nitrogen and oxygen atoms in total. The smallest absolute Gasteiger partial charge is 0.266 e. The van der Waals surface area contributed by atoms with Crippen LogP contribution in [-0.4, -0.2) is 30.5 Å². The molecule has 0 bridgehead atoms. The number of carbonyl (C=O) groups is 1. The fraction of sp³-hybridized carbons (Fsp3) is 0.375. The molecule has 4 rings (SSSR count). The van der Waals surface area contributed by atoms with Crippen LogP contribution in [0.4, 0.5) is 11.6 Å². The van der Waals surface area contributed by atoms with Crippen molar-refractivity contribution in [2.24, 2.45) is 5.92 Å². The van der Waals surface area contributed by atoms with E-state index in [1.165, 1.54) is 0 Å². The van der Waals surface area contributed by atoms with Crippen LogP contribution >= 0.6 is 0 Å². The van der Waals surface area contributed by atoms with E-state index >= 15 is 0 Å². The maximum atomic E-state index is 13.3. The summed E-state index contributed by atoms with van der Waals surface area (Å²) in [6.45, 7) is 4.13. The SMILES string of the molecule is CCCCN(C(=O)C1CCN(c2oc(-c3ccco3)nc2C#N)CC1)c1ccccc1. The third-order valence-electron chi connectivity index (χ3n) is 5.65. The summed E-state index contributed by atoms with van der Waals surface area (Å²) in [5.74, 6) is 1.36. The molecular formula is C24H26N4O3. The third-order valence-corrected chi connectivity index (χ3v) is 5.65. The summed E-state index contributed by atoms with van der Waals surface area (Å²) in [4.78, 5) is 21.5. The number of amides is 1. The van der Waals surface area contributed by atoms with Crippen molar-refractivity contribution in [3.05, 3.63) is 54.4 Å². The second-order valence-corrected chi connectivity index (χ2v) is 7.70. The lowest BCUT2D eigenvalue weighted by atomic mass is 9.94. The van der Waals surface area contributed by atoms with E-state index in [9.17, 15) is 10.1 Å². The molecule has 1 fully saturated rings. The van der Waals surface area contributed by atoms with Crippen LogP contribution in [0.5, 0.6) is 0 Å². The van der Waals surface area contributed by atoms with Crippen molar-refractivity contribution in [3.8, 4) is 17.7 Å². The predicted octanol–water partition coefficient (Wildman–Crippen LogP) is 4.86. The molecule has 0 saturated carbocycles. The first kappa shape index (κ1) is 20.7. The quantitative estimate of drug-likeness (QED) is 0.545. The van der Waals surface area contributed by atoms with Crippen molar-refractivity contribution < 1.29 is 13.6 Å². The van der Waals surface area contributed by atoms with Crippen LogP contribution in [-0.2, 0) is 4.79 Å². The number of carbonyl (C=O) groups excluding carboxylic acids is 1. The van der Waals surface area contributed by atoms with E-state index in [0.29, 0.717) is 43.5 Å². The van der Waals surface area contributed by atoms with Gasteiger partial charge in [0, 0.05) is 31.2 Å². The molecule has 1 aliphatic heterocycles. The Balaban J connectivity index is 1.45. The van der Waals surface area contributed by atoms with Crippen LogP contribution in [0.3, 0.4) is 0 Å². The van der Waals surface area contributed by atoms with Gasteiger partial charge in [-0.15, -0.1) is 0 Å². The van der Waals surface area contributed by atoms with Crippen LogP contribution in [0.25, 0.3) is 11.7 Å². The fourth-order valence-corrected chi connectivity index (χ4v) is 3.95. The molecule has 31 heavy (non-hydrogen) atoms. The number of anilines is 2. The lowest BCUT2D eigenvalue weighted by Gasteiger charge is -2.34. The molecule has 1 amide bonds. The maximum Gasteiger partial charge on any atom is 0.266 e. The van der Waals surface area contributed by atoms with Gasteiger partial charge in [0.15, 0.2) is 5.76 Å². The number of nitriles is 1. The molecule has 3 aromatic rings. The largest absolute Gasteiger partial charge is 0.459 e. The molecule has 2 aromatic heterocycles. The molecule has 1 aliphatic rings. The average molecular weight is 418 g/mol. The first-order chi connectivity index (χ1) is 15.2. The zero-order valence-electron chi connectivity index (χ0n) is 17.7. The molecule has 1 saturated heterocycles. The van der Waals surface area contributed by atoms with Crippen molar-refractivity contribution >= 4 is 17.5 Å². The number of aromatic nitrogens is 1. The summed E-state index contributed by atoms with van der Waals surface area (Å²) in [5.41, 5.74) is 1.19. The molecule has 3 heterocycles. The summed E-state index contributed by atoms with van der Waals surface area (Å²) in [6.07, 6.45) is 4.96. The van der Waals surface area contributed by atoms with Crippen LogP contribution in [0.1, 0.15) is 38.3 Å². The number of nitrogens with zero attached hydrogens (tertiary/aromatic N) is 4. The van der Waals surface area contributed by atoms with E-state index in [2.05, 4.69) is 18.0 Å². The minimum absolute atomic E-state index is 0.0497. The highest BCUT2D eigenvalue weighted by molar-refractivity contribution is 5.95. The Morgan fingerprint density at radius 3 is 2.65 bits per heavy atom. The first-order valence-electron chi connectivity index (χ1n) is 10.8. The second-order valence-electron chi connectivity index (χ2n) is 7.70. The van der Waals surface area contributed by atoms with Crippen LogP contribution in [0.15, 0.2) is 57.6 Å². The lowest BCUT2D eigenvalue weighted by Crippen LogP contribution is -2.43. The zero-order chi connectivity index (χ0) is 21.6. The van der Waals surface area contributed by atoms with E-state index in [-0.39, 0.29) is 17.5 Å². The summed E-state index contributed by atoms with van der Waals surface area (Å²) in [6, 6.07) is 15.5. The van der Waals surface area contributed by atoms with Gasteiger partial charge in [-0.2, -0.15) is 10.2 Å². The van der Waals surface area contributed by atoms with E-state index in [1.54, 1.807) is 18.4 Å². The highest BCUT2D eigenvalue weighted by atomic mass is 16.4. The molecule has 7 heteroatoms. The molecule has 0 radical (unpaired) electrons. The van der Waals surface area contributed by atoms with Crippen LogP contribution in [0.2, 0.25) is 0 Å². The highest BCUT2D eigenvalue weighted by Crippen LogP contribution is 2.32. The second kappa shape index (κ2) is 9.52. The van der Waals surface area contributed by atoms with Crippen molar-refractivity contribution in [1.82, 2.24) is 4.98 Å². The van der Waals surface area contributed by atoms with Crippen molar-refractivity contribution in [2.75, 3.05) is 29.4 Å². The van der Waals surface area contributed by atoms with Crippen molar-refractivity contribution in [2.45, 2.75) is 32.6 Å². The fourth-order valence-electron chi connectivity index (χ4n) is 3.95. The third kappa shape index (κ3) is 4.48. The number of rotatable bonds is 7. The summed E-state index contributed by atoms with van der Waals surface area (Å²) < 4.78 is 11.2. The first-order valence-corrected chi connectivity index (χ1v) is 10.8. The van der Waals surface area contributed by atoms with E-state index in [0.717, 1.165) is 25.1 Å². The maximum absolute atomic E-state index is 13.3. The molecule has 0 aliphatic carbocycles. The minimum Gasteiger partial charge on any atom is -0.459 e. The Bertz CT molecular complexity index is 1030. The van der Waals surface area contributed by atoms with Crippen LogP contribution < -0.4 is 9.80 Å². The lowest BCUT2D eigenvalue weighted by molar-refractivity contribution is -0.123. The van der Waals surface area contributed by atoms with Gasteiger partial charge in [0.2, 0.25) is 17.5 Å². The van der Waals surface area contributed by atoms with Gasteiger partial charge in [-0.25, -0.2) is 0 Å². The number of para-hydroxylation sites is 1. The van der Waals surface area contributed by atoms with Gasteiger partial charge < -0.3 is 18.6 Å². The van der Waals surface area contributed by atoms with Crippen molar-refractivity contribution in [1.29, 1.82) is 5.26 Å². The Kier molecular flexibility index (Phi) is 6.37. The molecule has 0 N–H and O–H groups in total. The average Bonchev–Trinajstić information content (AvgIpc) is 3.50. The van der Waals surface area contributed by atoms with Gasteiger partial charge in [-0.3, -0.25) is 4.79 Å². The van der Waals surface area contributed by atoms with Crippen LogP contribution in [0, 0.1) is 17.2 Å². The minimum atomic E-state index is -0.0497. The summed E-state index contributed by atoms with van der Waals surface area (Å²) >= 11 is 0. The van der Waals surface area contributed by atoms with Gasteiger partial charge >= 0.3 is 0 Å². The number of oxazole rings is 1. The Morgan fingerprint density at radius 2 is 2.00 bits per heavy atom. The van der Waals surface area contributed by atoms with E-state index < -0.39 is 0 Å². The number of hydrogen-bond acceptors (Lipinski definition) is 6. The van der Waals surface area contributed by atoms with Gasteiger partial charge in [-0.05, 0) is 43.5 Å². The number of furan rings is 1. The number of hydrogen-bond donors (Lipinski definition) is 0. The van der Waals surface area contributed by atoms with Gasteiger partial charge in [0.25, 0.3) is 5.89 Å². The van der Waals surface area contributed by atoms with E-state index in [4.69, 9.17) is 8.83 Å². The molecule has 1 aromatic carbocycles. The van der Waals surface area contributed by atoms with Crippen molar-refractivity contribution in [3.63, 3.8) is 0 Å². The number of unbranched alkanes of at least 4 members (excludes halogenated alkanes) is 1. The van der Waals surface area contributed by atoms with Gasteiger partial charge in [0.1, 0.15) is 6.07 Å². The number of piperidine rings is 1. The Morgan fingerprint density at radius 1 is 1.23 bits per heavy atom. The molecule has 160 valence electrons.